The first-order chi connectivity index (χ1) is 17.0. The van der Waals surface area contributed by atoms with Crippen LogP contribution in [0.2, 0.25) is 10.0 Å². The van der Waals surface area contributed by atoms with E-state index in [1.54, 1.807) is 48.5 Å². The van der Waals surface area contributed by atoms with Crippen LogP contribution < -0.4 is 15.4 Å². The van der Waals surface area contributed by atoms with Crippen molar-refractivity contribution >= 4 is 40.7 Å². The van der Waals surface area contributed by atoms with Crippen LogP contribution >= 0.6 is 23.2 Å². The second kappa shape index (κ2) is 9.40. The van der Waals surface area contributed by atoms with Crippen LogP contribution in [0.15, 0.2) is 78.3 Å². The summed E-state index contributed by atoms with van der Waals surface area (Å²) in [6, 6.07) is 15.5. The summed E-state index contributed by atoms with van der Waals surface area (Å²) in [5, 5.41) is 11.6. The predicted octanol–water partition coefficient (Wildman–Crippen LogP) is 5.58. The Hall–Kier alpha value is -3.88. The van der Waals surface area contributed by atoms with Crippen LogP contribution in [0.3, 0.4) is 0 Å². The molecule has 3 heterocycles. The topological polar surface area (TPSA) is 94.0 Å². The molecule has 0 saturated heterocycles. The van der Waals surface area contributed by atoms with Crippen LogP contribution in [0.5, 0.6) is 5.75 Å². The van der Waals surface area contributed by atoms with Crippen LogP contribution in [-0.4, -0.2) is 32.8 Å². The Morgan fingerprint density at radius 3 is 2.71 bits per heavy atom. The van der Waals surface area contributed by atoms with Gasteiger partial charge < -0.3 is 15.4 Å². The fourth-order valence-corrected chi connectivity index (χ4v) is 4.43. The van der Waals surface area contributed by atoms with Gasteiger partial charge in [0.25, 0.3) is 5.91 Å². The molecular formula is C25H20Cl2N6O2. The van der Waals surface area contributed by atoms with E-state index in [2.05, 4.69) is 20.6 Å². The Balaban J connectivity index is 1.64. The number of fused-ring (bicyclic) bond motifs is 1. The number of pyridine rings is 1. The number of hydrogen-bond donors (Lipinski definition) is 2. The van der Waals surface area contributed by atoms with Gasteiger partial charge in [-0.1, -0.05) is 47.5 Å². The van der Waals surface area contributed by atoms with E-state index < -0.39 is 6.04 Å². The average molecular weight is 507 g/mol. The maximum absolute atomic E-state index is 13.7. The number of carbonyl (C=O) groups is 1. The minimum absolute atomic E-state index is 0.334. The quantitative estimate of drug-likeness (QED) is 0.366. The van der Waals surface area contributed by atoms with Gasteiger partial charge in [-0.2, -0.15) is 4.98 Å². The molecule has 1 atom stereocenters. The van der Waals surface area contributed by atoms with Gasteiger partial charge in [0.1, 0.15) is 11.8 Å². The second-order valence-electron chi connectivity index (χ2n) is 7.81. The summed E-state index contributed by atoms with van der Waals surface area (Å²) in [5.41, 5.74) is 2.92. The number of carbonyl (C=O) groups excluding carboxylic acids is 1. The molecule has 1 aliphatic rings. The molecule has 2 aromatic carbocycles. The first-order valence-electron chi connectivity index (χ1n) is 10.7. The molecule has 176 valence electrons. The minimum Gasteiger partial charge on any atom is -0.495 e. The highest BCUT2D eigenvalue weighted by atomic mass is 35.5. The van der Waals surface area contributed by atoms with Crippen molar-refractivity contribution in [2.75, 3.05) is 17.7 Å². The molecule has 0 bridgehead atoms. The second-order valence-corrected chi connectivity index (χ2v) is 8.59. The van der Waals surface area contributed by atoms with Gasteiger partial charge >= 0.3 is 0 Å². The van der Waals surface area contributed by atoms with E-state index in [0.29, 0.717) is 50.1 Å². The number of amides is 1. The molecule has 5 rings (SSSR count). The Morgan fingerprint density at radius 1 is 1.11 bits per heavy atom. The number of methoxy groups -OCH3 is 1. The van der Waals surface area contributed by atoms with Crippen LogP contribution in [0.1, 0.15) is 18.5 Å². The molecule has 35 heavy (non-hydrogen) atoms. The number of halogens is 2. The first-order valence-corrected chi connectivity index (χ1v) is 11.5. The third-order valence-corrected chi connectivity index (χ3v) is 6.48. The Morgan fingerprint density at radius 2 is 1.94 bits per heavy atom. The molecule has 0 aliphatic carbocycles. The number of benzene rings is 2. The largest absolute Gasteiger partial charge is 0.495 e. The Kier molecular flexibility index (Phi) is 6.15. The zero-order valence-electron chi connectivity index (χ0n) is 18.8. The molecule has 0 radical (unpaired) electrons. The highest BCUT2D eigenvalue weighted by molar-refractivity contribution is 6.42. The molecule has 2 N–H and O–H groups in total. The molecule has 1 unspecified atom stereocenters. The van der Waals surface area contributed by atoms with E-state index in [-0.39, 0.29) is 5.91 Å². The summed E-state index contributed by atoms with van der Waals surface area (Å²) in [6.45, 7) is 1.81. The van der Waals surface area contributed by atoms with Crippen molar-refractivity contribution in [1.82, 2.24) is 19.7 Å². The minimum atomic E-state index is -0.690. The molecule has 4 aromatic rings. The highest BCUT2D eigenvalue weighted by Gasteiger charge is 2.36. The normalized spacial score (nSPS) is 14.8. The van der Waals surface area contributed by atoms with Crippen molar-refractivity contribution < 1.29 is 9.53 Å². The number of nitrogens with zero attached hydrogens (tertiary/aromatic N) is 4. The molecular weight excluding hydrogens is 487 g/mol. The molecule has 10 heteroatoms. The van der Waals surface area contributed by atoms with E-state index in [4.69, 9.17) is 33.0 Å². The lowest BCUT2D eigenvalue weighted by Crippen LogP contribution is -2.31. The molecule has 0 spiro atoms. The molecule has 1 amide bonds. The van der Waals surface area contributed by atoms with E-state index in [0.717, 1.165) is 5.56 Å². The zero-order chi connectivity index (χ0) is 24.5. The lowest BCUT2D eigenvalue weighted by atomic mass is 9.95. The lowest BCUT2D eigenvalue weighted by molar-refractivity contribution is -0.113. The van der Waals surface area contributed by atoms with Crippen LogP contribution in [0.25, 0.3) is 11.4 Å². The molecule has 2 aromatic heterocycles. The van der Waals surface area contributed by atoms with E-state index in [1.807, 2.05) is 37.3 Å². The monoisotopic (exact) mass is 506 g/mol. The fourth-order valence-electron chi connectivity index (χ4n) is 4.02. The zero-order valence-corrected chi connectivity index (χ0v) is 20.3. The first kappa shape index (κ1) is 22.9. The van der Waals surface area contributed by atoms with Crippen molar-refractivity contribution in [1.29, 1.82) is 0 Å². The van der Waals surface area contributed by atoms with Crippen LogP contribution in [-0.2, 0) is 4.79 Å². The summed E-state index contributed by atoms with van der Waals surface area (Å²) in [4.78, 5) is 22.5. The SMILES string of the molecule is COc1ccccc1NC(=O)C1=C(C)Nc2nc(-c3cccnc3)nn2C1c1cccc(Cl)c1Cl. The number of para-hydroxylation sites is 2. The number of rotatable bonds is 5. The van der Waals surface area contributed by atoms with Gasteiger partial charge in [-0.25, -0.2) is 4.68 Å². The highest BCUT2D eigenvalue weighted by Crippen LogP contribution is 2.41. The van der Waals surface area contributed by atoms with Gasteiger partial charge in [-0.05, 0) is 37.3 Å². The summed E-state index contributed by atoms with van der Waals surface area (Å²) < 4.78 is 7.04. The molecule has 0 fully saturated rings. The number of allylic oxidation sites excluding steroid dienone is 1. The average Bonchev–Trinajstić information content (AvgIpc) is 3.29. The Labute approximate surface area is 211 Å². The summed E-state index contributed by atoms with van der Waals surface area (Å²) in [6.07, 6.45) is 3.36. The van der Waals surface area contributed by atoms with Gasteiger partial charge in [0.05, 0.1) is 28.4 Å². The van der Waals surface area contributed by atoms with Gasteiger partial charge in [-0.15, -0.1) is 5.10 Å². The van der Waals surface area contributed by atoms with Gasteiger partial charge in [0.15, 0.2) is 5.82 Å². The number of ether oxygens (including phenoxy) is 1. The maximum atomic E-state index is 13.7. The summed E-state index contributed by atoms with van der Waals surface area (Å²) >= 11 is 13.0. The number of aromatic nitrogens is 4. The fraction of sp³-hybridized carbons (Fsp3) is 0.120. The summed E-state index contributed by atoms with van der Waals surface area (Å²) in [5.74, 6) is 1.13. The van der Waals surface area contributed by atoms with E-state index in [9.17, 15) is 4.79 Å². The van der Waals surface area contributed by atoms with Crippen molar-refractivity contribution in [2.24, 2.45) is 0 Å². The van der Waals surface area contributed by atoms with Crippen molar-refractivity contribution in [3.63, 3.8) is 0 Å². The van der Waals surface area contributed by atoms with E-state index >= 15 is 0 Å². The predicted molar refractivity (Wildman–Crippen MR) is 136 cm³/mol. The van der Waals surface area contributed by atoms with Gasteiger partial charge in [-0.3, -0.25) is 9.78 Å². The molecule has 1 aliphatic heterocycles. The third-order valence-electron chi connectivity index (χ3n) is 5.65. The molecule has 0 saturated carbocycles. The number of anilines is 2. The van der Waals surface area contributed by atoms with Gasteiger partial charge in [0, 0.05) is 29.2 Å². The third kappa shape index (κ3) is 4.22. The van der Waals surface area contributed by atoms with Crippen LogP contribution in [0.4, 0.5) is 11.6 Å². The van der Waals surface area contributed by atoms with Crippen molar-refractivity contribution in [3.05, 3.63) is 93.9 Å². The van der Waals surface area contributed by atoms with Gasteiger partial charge in [0.2, 0.25) is 5.95 Å². The standard InChI is InChI=1S/C25H20Cl2N6O2/c1-14-20(24(34)30-18-10-3-4-11-19(18)35-2)22(16-8-5-9-17(26)21(16)27)33-25(29-14)31-23(32-33)15-7-6-12-28-13-15/h3-13,22H,1-2H3,(H,30,34)(H,29,31,32). The van der Waals surface area contributed by atoms with Crippen molar-refractivity contribution in [2.45, 2.75) is 13.0 Å². The maximum Gasteiger partial charge on any atom is 0.255 e. The molecule has 8 nitrogen and oxygen atoms in total. The van der Waals surface area contributed by atoms with E-state index in [1.165, 1.54) is 0 Å². The van der Waals surface area contributed by atoms with Crippen molar-refractivity contribution in [3.8, 4) is 17.1 Å². The smallest absolute Gasteiger partial charge is 0.255 e. The Bertz CT molecular complexity index is 1450. The lowest BCUT2D eigenvalue weighted by Gasteiger charge is -2.29. The number of nitrogens with one attached hydrogen (secondary N) is 2. The summed E-state index contributed by atoms with van der Waals surface area (Å²) in [7, 11) is 1.55. The van der Waals surface area contributed by atoms with Crippen LogP contribution in [0, 0.1) is 0 Å². The number of hydrogen-bond acceptors (Lipinski definition) is 6.